The minimum absolute atomic E-state index is 0.0315. The predicted octanol–water partition coefficient (Wildman–Crippen LogP) is 5.73. The number of carbonyl (C=O) groups excluding carboxylic acids is 2. The third-order valence-electron chi connectivity index (χ3n) is 5.24. The lowest BCUT2D eigenvalue weighted by molar-refractivity contribution is -0.123. The Bertz CT molecular complexity index is 1630. The van der Waals surface area contributed by atoms with Gasteiger partial charge in [-0.2, -0.15) is 0 Å². The van der Waals surface area contributed by atoms with Crippen LogP contribution in [0.4, 0.5) is 20.2 Å². The molecule has 0 atom stereocenters. The van der Waals surface area contributed by atoms with Crippen LogP contribution >= 0.6 is 11.3 Å². The summed E-state index contributed by atoms with van der Waals surface area (Å²) in [6.45, 7) is 0. The Balaban J connectivity index is 1.26. The van der Waals surface area contributed by atoms with Crippen LogP contribution in [0, 0.1) is 11.6 Å². The molecule has 0 spiro atoms. The minimum atomic E-state index is -0.708. The maximum Gasteiger partial charge on any atom is 0.233 e. The average Bonchev–Trinajstić information content (AvgIpc) is 3.49. The highest BCUT2D eigenvalue weighted by Crippen LogP contribution is 2.39. The number of para-hydroxylation sites is 1. The van der Waals surface area contributed by atoms with E-state index in [0.29, 0.717) is 11.3 Å². The highest BCUT2D eigenvalue weighted by molar-refractivity contribution is 7.22. The number of benzene rings is 2. The van der Waals surface area contributed by atoms with Crippen molar-refractivity contribution in [2.75, 3.05) is 10.6 Å². The van der Waals surface area contributed by atoms with E-state index in [1.54, 1.807) is 24.7 Å². The molecular weight excluding hydrogens is 500 g/mol. The van der Waals surface area contributed by atoms with Crippen LogP contribution in [-0.2, 0) is 16.6 Å². The molecule has 37 heavy (non-hydrogen) atoms. The summed E-state index contributed by atoms with van der Waals surface area (Å²) in [6.07, 6.45) is 4.60. The first kappa shape index (κ1) is 24.1. The number of thiophene rings is 1. The molecule has 0 aliphatic heterocycles. The second-order valence-electron chi connectivity index (χ2n) is 8.06. The van der Waals surface area contributed by atoms with Crippen LogP contribution < -0.4 is 15.4 Å². The second-order valence-corrected chi connectivity index (χ2v) is 9.11. The Morgan fingerprint density at radius 3 is 2.54 bits per heavy atom. The minimum Gasteiger partial charge on any atom is -0.453 e. The molecular formula is C26H19F2N5O3S. The number of carbonyl (C=O) groups is 2. The van der Waals surface area contributed by atoms with Crippen molar-refractivity contribution in [3.05, 3.63) is 85.0 Å². The molecule has 0 fully saturated rings. The molecule has 0 saturated carbocycles. The first-order chi connectivity index (χ1) is 17.9. The highest BCUT2D eigenvalue weighted by atomic mass is 32.1. The van der Waals surface area contributed by atoms with Crippen molar-refractivity contribution in [2.24, 2.45) is 7.05 Å². The number of rotatable bonds is 7. The standard InChI is InChI=1S/C26H19F2N5O3S/c1-33-13-20(30-14-33)23-11-19-26(37-23)22(8-9-29-19)36-21-7-6-15(10-17(21)28)31-24(34)12-25(35)32-18-5-3-2-4-16(18)27/h2-11,13-14H,12H2,1H3,(H,31,34)(H,32,35). The normalized spacial score (nSPS) is 10.9. The summed E-state index contributed by atoms with van der Waals surface area (Å²) in [5, 5.41) is 4.78. The molecule has 3 heterocycles. The Morgan fingerprint density at radius 1 is 0.973 bits per heavy atom. The number of nitrogens with zero attached hydrogens (tertiary/aromatic N) is 3. The fourth-order valence-electron chi connectivity index (χ4n) is 3.55. The molecule has 0 aliphatic rings. The van der Waals surface area contributed by atoms with Gasteiger partial charge in [0.2, 0.25) is 11.8 Å². The van der Waals surface area contributed by atoms with E-state index in [-0.39, 0.29) is 17.1 Å². The van der Waals surface area contributed by atoms with Crippen LogP contribution in [0.1, 0.15) is 6.42 Å². The average molecular weight is 520 g/mol. The van der Waals surface area contributed by atoms with Gasteiger partial charge in [-0.05, 0) is 30.3 Å². The van der Waals surface area contributed by atoms with Gasteiger partial charge in [-0.15, -0.1) is 11.3 Å². The van der Waals surface area contributed by atoms with E-state index in [2.05, 4.69) is 20.6 Å². The Kier molecular flexibility index (Phi) is 6.60. The maximum atomic E-state index is 14.8. The van der Waals surface area contributed by atoms with Crippen molar-refractivity contribution in [2.45, 2.75) is 6.42 Å². The highest BCUT2D eigenvalue weighted by Gasteiger charge is 2.16. The number of nitrogens with one attached hydrogen (secondary N) is 2. The first-order valence-corrected chi connectivity index (χ1v) is 11.9. The van der Waals surface area contributed by atoms with Gasteiger partial charge in [0.25, 0.3) is 0 Å². The van der Waals surface area contributed by atoms with Crippen LogP contribution in [-0.4, -0.2) is 26.3 Å². The molecule has 3 aromatic heterocycles. The van der Waals surface area contributed by atoms with Crippen molar-refractivity contribution in [1.82, 2.24) is 14.5 Å². The van der Waals surface area contributed by atoms with Gasteiger partial charge in [0.1, 0.15) is 18.0 Å². The molecule has 2 amide bonds. The number of imidazole rings is 1. The van der Waals surface area contributed by atoms with Crippen molar-refractivity contribution < 1.29 is 23.1 Å². The molecule has 11 heteroatoms. The van der Waals surface area contributed by atoms with Crippen molar-refractivity contribution in [1.29, 1.82) is 0 Å². The van der Waals surface area contributed by atoms with Crippen LogP contribution in [0.25, 0.3) is 20.8 Å². The van der Waals surface area contributed by atoms with Crippen LogP contribution in [0.15, 0.2) is 73.3 Å². The summed E-state index contributed by atoms with van der Waals surface area (Å²) in [5.41, 5.74) is 1.60. The SMILES string of the molecule is Cn1cnc(-c2cc3nccc(Oc4ccc(NC(=O)CC(=O)Nc5ccccc5F)cc4F)c3s2)c1. The lowest BCUT2D eigenvalue weighted by Gasteiger charge is -2.10. The number of hydrogen-bond acceptors (Lipinski definition) is 6. The molecule has 0 radical (unpaired) electrons. The van der Waals surface area contributed by atoms with Gasteiger partial charge in [-0.3, -0.25) is 14.6 Å². The van der Waals surface area contributed by atoms with E-state index in [1.165, 1.54) is 41.7 Å². The van der Waals surface area contributed by atoms with Gasteiger partial charge in [0.05, 0.1) is 32.8 Å². The van der Waals surface area contributed by atoms with Gasteiger partial charge in [0, 0.05) is 37.3 Å². The maximum absolute atomic E-state index is 14.8. The van der Waals surface area contributed by atoms with E-state index in [1.807, 2.05) is 23.9 Å². The Morgan fingerprint density at radius 2 is 1.78 bits per heavy atom. The summed E-state index contributed by atoms with van der Waals surface area (Å²) in [4.78, 5) is 33.9. The van der Waals surface area contributed by atoms with Crippen LogP contribution in [0.2, 0.25) is 0 Å². The number of hydrogen-bond donors (Lipinski definition) is 2. The third kappa shape index (κ3) is 5.46. The largest absolute Gasteiger partial charge is 0.453 e. The van der Waals surface area contributed by atoms with E-state index in [9.17, 15) is 18.4 Å². The zero-order valence-electron chi connectivity index (χ0n) is 19.4. The van der Waals surface area contributed by atoms with E-state index < -0.39 is 29.9 Å². The number of ether oxygens (including phenoxy) is 1. The zero-order chi connectivity index (χ0) is 25.9. The fourth-order valence-corrected chi connectivity index (χ4v) is 4.58. The number of pyridine rings is 1. The van der Waals surface area contributed by atoms with E-state index in [0.717, 1.165) is 21.3 Å². The lowest BCUT2D eigenvalue weighted by atomic mass is 10.2. The summed E-state index contributed by atoms with van der Waals surface area (Å²) in [7, 11) is 1.88. The van der Waals surface area contributed by atoms with Gasteiger partial charge in [-0.1, -0.05) is 12.1 Å². The van der Waals surface area contributed by atoms with Gasteiger partial charge in [-0.25, -0.2) is 13.8 Å². The van der Waals surface area contributed by atoms with Gasteiger partial charge < -0.3 is 19.9 Å². The zero-order valence-corrected chi connectivity index (χ0v) is 20.2. The molecule has 186 valence electrons. The second kappa shape index (κ2) is 10.2. The number of aromatic nitrogens is 3. The molecule has 2 N–H and O–H groups in total. The van der Waals surface area contributed by atoms with Crippen molar-refractivity contribution in [3.63, 3.8) is 0 Å². The Hall–Kier alpha value is -4.64. The van der Waals surface area contributed by atoms with E-state index in [4.69, 9.17) is 4.74 Å². The molecule has 0 aliphatic carbocycles. The fraction of sp³-hybridized carbons (Fsp3) is 0.0769. The Labute approximate surface area is 213 Å². The third-order valence-corrected chi connectivity index (χ3v) is 6.40. The molecule has 0 bridgehead atoms. The summed E-state index contributed by atoms with van der Waals surface area (Å²) in [5.74, 6) is -2.33. The topological polar surface area (TPSA) is 98.1 Å². The number of amides is 2. The van der Waals surface area contributed by atoms with Gasteiger partial charge in [0.15, 0.2) is 11.6 Å². The van der Waals surface area contributed by atoms with Crippen molar-refractivity contribution in [3.8, 4) is 22.1 Å². The number of fused-ring (bicyclic) bond motifs is 1. The number of halogens is 2. The van der Waals surface area contributed by atoms with Crippen LogP contribution in [0.5, 0.6) is 11.5 Å². The molecule has 0 saturated heterocycles. The summed E-state index contributed by atoms with van der Waals surface area (Å²) >= 11 is 1.43. The first-order valence-electron chi connectivity index (χ1n) is 11.0. The summed E-state index contributed by atoms with van der Waals surface area (Å²) in [6, 6.07) is 13.1. The monoisotopic (exact) mass is 519 g/mol. The number of anilines is 2. The predicted molar refractivity (Wildman–Crippen MR) is 137 cm³/mol. The molecule has 5 rings (SSSR count). The number of aryl methyl sites for hydroxylation is 1. The van der Waals surface area contributed by atoms with Gasteiger partial charge >= 0.3 is 0 Å². The molecule has 2 aromatic carbocycles. The molecule has 0 unspecified atom stereocenters. The quantitative estimate of drug-likeness (QED) is 0.268. The molecule has 5 aromatic rings. The van der Waals surface area contributed by atoms with Crippen molar-refractivity contribution >= 4 is 44.7 Å². The summed E-state index contributed by atoms with van der Waals surface area (Å²) < 4.78 is 36.9. The van der Waals surface area contributed by atoms with Crippen LogP contribution in [0.3, 0.4) is 0 Å². The molecule has 8 nitrogen and oxygen atoms in total. The lowest BCUT2D eigenvalue weighted by Crippen LogP contribution is -2.21. The smallest absolute Gasteiger partial charge is 0.233 e. The van der Waals surface area contributed by atoms with E-state index >= 15 is 0 Å².